The molecule has 42 valence electrons. The van der Waals surface area contributed by atoms with Crippen LogP contribution in [0.4, 0.5) is 0 Å². The van der Waals surface area contributed by atoms with Gasteiger partial charge in [-0.25, -0.2) is 9.97 Å². The predicted octanol–water partition coefficient (Wildman–Crippen LogP) is 1.44. The van der Waals surface area contributed by atoms with E-state index in [2.05, 4.69) is 9.97 Å². The van der Waals surface area contributed by atoms with Gasteiger partial charge < -0.3 is 0 Å². The summed E-state index contributed by atoms with van der Waals surface area (Å²) < 4.78 is 35.2. The summed E-state index contributed by atoms with van der Waals surface area (Å²) in [6.45, 7) is -2.53. The monoisotopic (exact) mass is 133 g/mol. The first-order valence-corrected chi connectivity index (χ1v) is 2.21. The average Bonchev–Trinajstić information content (AvgIpc) is 1.94. The molecule has 0 aliphatic carbocycles. The van der Waals surface area contributed by atoms with Crippen molar-refractivity contribution in [1.29, 1.82) is 0 Å². The van der Waals surface area contributed by atoms with Gasteiger partial charge in [0.25, 0.3) is 0 Å². The van der Waals surface area contributed by atoms with Gasteiger partial charge in [0.1, 0.15) is 12.8 Å². The van der Waals surface area contributed by atoms with Gasteiger partial charge in [-0.2, -0.15) is 0 Å². The summed E-state index contributed by atoms with van der Waals surface area (Å²) in [4.78, 5) is 6.66. The van der Waals surface area contributed by atoms with Crippen LogP contribution >= 0.6 is 11.6 Å². The minimum atomic E-state index is -2.53. The van der Waals surface area contributed by atoms with Crippen LogP contribution in [0.3, 0.4) is 0 Å². The molecule has 8 heavy (non-hydrogen) atoms. The summed E-state index contributed by atoms with van der Waals surface area (Å²) in [5.74, 6) is 0. The molecule has 0 N–H and O–H groups in total. The lowest BCUT2D eigenvalue weighted by molar-refractivity contribution is 1.10. The van der Waals surface area contributed by atoms with Crippen LogP contribution in [-0.2, 0) is 0 Å². The van der Waals surface area contributed by atoms with Gasteiger partial charge in [-0.3, -0.25) is 0 Å². The van der Waals surface area contributed by atoms with E-state index in [0.717, 1.165) is 0 Å². The largest absolute Gasteiger partial charge is 0.242 e. The second kappa shape index (κ2) is 2.09. The van der Waals surface area contributed by atoms with Crippen molar-refractivity contribution >= 4 is 11.6 Å². The van der Waals surface area contributed by atoms with E-state index in [4.69, 9.17) is 18.5 Å². The summed E-state index contributed by atoms with van der Waals surface area (Å²) in [5, 5.41) is -0.314. The number of nitrogens with zero attached hydrogens (tertiary/aromatic N) is 2. The van der Waals surface area contributed by atoms with Gasteiger partial charge in [-0.05, 0) is 12.9 Å². The molecule has 1 rings (SSSR count). The maximum absolute atomic E-state index is 7.25. The Labute approximate surface area is 59.6 Å². The molecule has 0 atom stereocenters. The summed E-state index contributed by atoms with van der Waals surface area (Å²) >= 11 is 5.42. The van der Waals surface area contributed by atoms with Crippen LogP contribution in [-0.4, -0.2) is 9.97 Å². The number of hydrogen-bond acceptors (Lipinski definition) is 2. The molecule has 1 aromatic rings. The molecule has 3 heteroatoms. The van der Waals surface area contributed by atoms with Crippen LogP contribution in [0.5, 0.6) is 0 Å². The van der Waals surface area contributed by atoms with Gasteiger partial charge in [0.05, 0.1) is 1.37 Å². The Morgan fingerprint density at radius 1 is 1.88 bits per heavy atom. The highest BCUT2D eigenvalue weighted by Gasteiger charge is 1.85. The molecule has 0 radical (unpaired) electrons. The molecule has 1 heterocycles. The zero-order chi connectivity index (χ0) is 10.2. The number of hydrogen-bond donors (Lipinski definition) is 0. The Bertz CT molecular complexity index is 336. The van der Waals surface area contributed by atoms with Gasteiger partial charge in [0, 0.05) is 9.81 Å². The highest BCUT2D eigenvalue weighted by atomic mass is 35.5. The van der Waals surface area contributed by atoms with E-state index < -0.39 is 24.9 Å². The molecule has 0 saturated carbocycles. The maximum Gasteiger partial charge on any atom is 0.132 e. The summed E-state index contributed by atoms with van der Waals surface area (Å²) in [5.41, 5.74) is -0.488. The minimum absolute atomic E-state index is 0.314. The van der Waals surface area contributed by atoms with Gasteiger partial charge in [0.15, 0.2) is 0 Å². The van der Waals surface area contributed by atoms with Crippen molar-refractivity contribution in [3.8, 4) is 0 Å². The number of aryl methyl sites for hydroxylation is 1. The predicted molar refractivity (Wildman–Crippen MR) is 31.8 cm³/mol. The van der Waals surface area contributed by atoms with Crippen molar-refractivity contribution < 1.29 is 6.85 Å². The first kappa shape index (κ1) is 1.95. The van der Waals surface area contributed by atoms with E-state index in [1.807, 2.05) is 0 Å². The van der Waals surface area contributed by atoms with E-state index >= 15 is 0 Å². The lowest BCUT2D eigenvalue weighted by Gasteiger charge is -1.87. The molecule has 2 nitrogen and oxygen atoms in total. The Morgan fingerprint density at radius 3 is 3.50 bits per heavy atom. The van der Waals surface area contributed by atoms with Crippen molar-refractivity contribution in [3.63, 3.8) is 0 Å². The quantitative estimate of drug-likeness (QED) is 0.501. The molecule has 0 amide bonds. The molecular weight excluding hydrogens is 124 g/mol. The Balaban J connectivity index is 3.37. The molecule has 0 aromatic carbocycles. The fourth-order valence-corrected chi connectivity index (χ4v) is 0.400. The normalized spacial score (nSPS) is 19.9. The third-order valence-electron chi connectivity index (χ3n) is 0.532. The van der Waals surface area contributed by atoms with Gasteiger partial charge in [-0.1, -0.05) is 11.6 Å². The minimum Gasteiger partial charge on any atom is -0.242 e. The zero-order valence-corrected chi connectivity index (χ0v) is 4.53. The Hall–Kier alpha value is -0.630. The molecule has 0 spiro atoms. The fourth-order valence-electron chi connectivity index (χ4n) is 0.273. The van der Waals surface area contributed by atoms with E-state index in [1.165, 1.54) is 0 Å². The average molecular weight is 134 g/mol. The molecule has 1 aromatic heterocycles. The standard InChI is InChI=1S/C5H5ClN2/c1-4-2-5(6)8-3-7-4/h2-3H,1H3/i1D3,2D,3D. The topological polar surface area (TPSA) is 25.8 Å². The highest BCUT2D eigenvalue weighted by Crippen LogP contribution is 2.01. The molecule has 0 fully saturated rings. The van der Waals surface area contributed by atoms with Gasteiger partial charge >= 0.3 is 0 Å². The summed E-state index contributed by atoms with van der Waals surface area (Å²) in [7, 11) is 0. The van der Waals surface area contributed by atoms with E-state index in [0.29, 0.717) is 0 Å². The summed E-state index contributed by atoms with van der Waals surface area (Å²) in [6, 6.07) is -0.447. The second-order valence-corrected chi connectivity index (χ2v) is 1.45. The van der Waals surface area contributed by atoms with Crippen molar-refractivity contribution in [3.05, 3.63) is 23.2 Å². The van der Waals surface area contributed by atoms with Crippen molar-refractivity contribution in [1.82, 2.24) is 9.97 Å². The first-order chi connectivity index (χ1) is 5.82. The molecule has 0 aliphatic rings. The third kappa shape index (κ3) is 1.17. The van der Waals surface area contributed by atoms with Gasteiger partial charge in [-0.15, -0.1) is 0 Å². The third-order valence-corrected chi connectivity index (χ3v) is 0.711. The Kier molecular flexibility index (Phi) is 0.511. The van der Waals surface area contributed by atoms with Crippen LogP contribution in [0.2, 0.25) is 5.15 Å². The van der Waals surface area contributed by atoms with Crippen LogP contribution in [0.1, 0.15) is 12.5 Å². The molecule has 0 saturated heterocycles. The molecule has 0 aliphatic heterocycles. The van der Waals surface area contributed by atoms with Crippen LogP contribution in [0.15, 0.2) is 12.3 Å². The van der Waals surface area contributed by atoms with Crippen LogP contribution in [0.25, 0.3) is 0 Å². The SMILES string of the molecule is [2H]c1nc(Cl)c([2H])c(C([2H])([2H])[2H])n1. The van der Waals surface area contributed by atoms with E-state index in [1.54, 1.807) is 0 Å². The lowest BCUT2D eigenvalue weighted by atomic mass is 10.5. The van der Waals surface area contributed by atoms with Crippen molar-refractivity contribution in [2.45, 2.75) is 6.85 Å². The smallest absolute Gasteiger partial charge is 0.132 e. The second-order valence-electron chi connectivity index (χ2n) is 1.09. The Morgan fingerprint density at radius 2 is 2.75 bits per heavy atom. The zero-order valence-electron chi connectivity index (χ0n) is 8.77. The summed E-state index contributed by atoms with van der Waals surface area (Å²) in [6.07, 6.45) is -0.493. The highest BCUT2D eigenvalue weighted by molar-refractivity contribution is 6.29. The van der Waals surface area contributed by atoms with E-state index in [9.17, 15) is 0 Å². The van der Waals surface area contributed by atoms with Crippen LogP contribution < -0.4 is 0 Å². The fraction of sp³-hybridized carbons (Fsp3) is 0.200. The number of halogens is 1. The maximum atomic E-state index is 7.25. The van der Waals surface area contributed by atoms with Gasteiger partial charge in [0.2, 0.25) is 0 Å². The van der Waals surface area contributed by atoms with Crippen molar-refractivity contribution in [2.75, 3.05) is 0 Å². The molecular formula is C5H5ClN2. The van der Waals surface area contributed by atoms with E-state index in [-0.39, 0.29) is 5.15 Å². The van der Waals surface area contributed by atoms with Crippen molar-refractivity contribution in [2.24, 2.45) is 0 Å². The lowest BCUT2D eigenvalue weighted by Crippen LogP contribution is -1.80. The molecule has 0 bridgehead atoms. The first-order valence-electron chi connectivity index (χ1n) is 4.33. The number of rotatable bonds is 0. The van der Waals surface area contributed by atoms with Crippen LogP contribution in [0, 0.1) is 6.85 Å². The molecule has 0 unspecified atom stereocenters. The number of aromatic nitrogens is 2.